The van der Waals surface area contributed by atoms with Crippen molar-refractivity contribution in [2.24, 2.45) is 4.99 Å². The highest BCUT2D eigenvalue weighted by atomic mass is 35.5. The summed E-state index contributed by atoms with van der Waals surface area (Å²) in [7, 11) is 2.10. The lowest BCUT2D eigenvalue weighted by Crippen LogP contribution is -2.46. The van der Waals surface area contributed by atoms with E-state index >= 15 is 0 Å². The monoisotopic (exact) mass is 421 g/mol. The van der Waals surface area contributed by atoms with Crippen LogP contribution < -0.4 is 0 Å². The van der Waals surface area contributed by atoms with Gasteiger partial charge in [0.1, 0.15) is 11.5 Å². The second-order valence-electron chi connectivity index (χ2n) is 6.43. The fourth-order valence-electron chi connectivity index (χ4n) is 2.90. The number of amidine groups is 1. The predicted octanol–water partition coefficient (Wildman–Crippen LogP) is 4.47. The van der Waals surface area contributed by atoms with Crippen LogP contribution in [0.15, 0.2) is 44.6 Å². The largest absolute Gasteiger partial charge is 0.457 e. The van der Waals surface area contributed by atoms with E-state index < -0.39 is 0 Å². The summed E-state index contributed by atoms with van der Waals surface area (Å²) in [5.74, 6) is 1.04. The minimum Gasteiger partial charge on any atom is -0.457 e. The number of nitrogens with zero attached hydrogens (tertiary/aromatic N) is 3. The molecule has 2 aliphatic rings. The van der Waals surface area contributed by atoms with E-state index in [9.17, 15) is 4.79 Å². The molecule has 1 aromatic carbocycles. The van der Waals surface area contributed by atoms with Gasteiger partial charge >= 0.3 is 0 Å². The molecule has 27 heavy (non-hydrogen) atoms. The zero-order valence-corrected chi connectivity index (χ0v) is 16.9. The third kappa shape index (κ3) is 4.09. The first-order valence-corrected chi connectivity index (χ1v) is 10.1. The van der Waals surface area contributed by atoms with Crippen molar-refractivity contribution in [3.63, 3.8) is 0 Å². The summed E-state index contributed by atoms with van der Waals surface area (Å²) in [4.78, 5) is 21.5. The molecule has 0 saturated carbocycles. The zero-order chi connectivity index (χ0) is 19.0. The van der Waals surface area contributed by atoms with E-state index in [1.54, 1.807) is 18.2 Å². The molecule has 140 valence electrons. The quantitative estimate of drug-likeness (QED) is 0.669. The number of hydrogen-bond donors (Lipinski definition) is 0. The molecular formula is C19H17Cl2N3O2S. The average molecular weight is 422 g/mol. The molecule has 3 heterocycles. The van der Waals surface area contributed by atoms with Crippen molar-refractivity contribution >= 4 is 52.1 Å². The van der Waals surface area contributed by atoms with Gasteiger partial charge in [-0.05, 0) is 49.1 Å². The van der Waals surface area contributed by atoms with Crippen molar-refractivity contribution in [3.8, 4) is 11.3 Å². The van der Waals surface area contributed by atoms with Gasteiger partial charge in [0, 0.05) is 37.8 Å². The van der Waals surface area contributed by atoms with Gasteiger partial charge in [0.15, 0.2) is 5.17 Å². The van der Waals surface area contributed by atoms with Crippen molar-refractivity contribution in [1.29, 1.82) is 0 Å². The van der Waals surface area contributed by atoms with Crippen molar-refractivity contribution in [1.82, 2.24) is 9.80 Å². The Kier molecular flexibility index (Phi) is 5.32. The molecule has 0 bridgehead atoms. The Hall–Kier alpha value is -1.73. The minimum absolute atomic E-state index is 0.221. The summed E-state index contributed by atoms with van der Waals surface area (Å²) in [6.07, 6.45) is 1.74. The van der Waals surface area contributed by atoms with Crippen molar-refractivity contribution in [2.75, 3.05) is 33.2 Å². The summed E-state index contributed by atoms with van der Waals surface area (Å²) in [6, 6.07) is 8.99. The van der Waals surface area contributed by atoms with Gasteiger partial charge in [-0.25, -0.2) is 0 Å². The van der Waals surface area contributed by atoms with E-state index in [4.69, 9.17) is 27.6 Å². The highest BCUT2D eigenvalue weighted by Gasteiger charge is 2.28. The maximum absolute atomic E-state index is 12.3. The second kappa shape index (κ2) is 7.72. The number of furan rings is 1. The molecule has 0 unspecified atom stereocenters. The highest BCUT2D eigenvalue weighted by Crippen LogP contribution is 2.33. The number of piperazine rings is 1. The van der Waals surface area contributed by atoms with E-state index in [2.05, 4.69) is 21.8 Å². The van der Waals surface area contributed by atoms with Crippen molar-refractivity contribution < 1.29 is 9.21 Å². The lowest BCUT2D eigenvalue weighted by molar-refractivity contribution is -0.113. The van der Waals surface area contributed by atoms with Crippen LogP contribution in [0.2, 0.25) is 10.0 Å². The Morgan fingerprint density at radius 3 is 2.63 bits per heavy atom. The molecule has 5 nitrogen and oxygen atoms in total. The van der Waals surface area contributed by atoms with E-state index in [1.165, 1.54) is 11.8 Å². The normalized spacial score (nSPS) is 19.8. The third-order valence-electron chi connectivity index (χ3n) is 4.49. The number of hydrogen-bond acceptors (Lipinski definition) is 5. The molecular weight excluding hydrogens is 405 g/mol. The van der Waals surface area contributed by atoms with Gasteiger partial charge in [-0.2, -0.15) is 4.99 Å². The molecule has 0 aliphatic carbocycles. The molecule has 1 fully saturated rings. The maximum atomic E-state index is 12.3. The number of aliphatic imine (C=N–C) groups is 1. The molecule has 1 aromatic heterocycles. The summed E-state index contributed by atoms with van der Waals surface area (Å²) in [5.41, 5.74) is 0.828. The Bertz CT molecular complexity index is 946. The SMILES string of the molecule is CN1CCN(C2=NC(=O)/C(=C\c3ccc(-c4ccc(Cl)c(Cl)c4)o3)S2)CC1. The van der Waals surface area contributed by atoms with Crippen LogP contribution in [0.5, 0.6) is 0 Å². The number of thioether (sulfide) groups is 1. The number of benzene rings is 1. The topological polar surface area (TPSA) is 49.0 Å². The maximum Gasteiger partial charge on any atom is 0.286 e. The molecule has 1 saturated heterocycles. The fraction of sp³-hybridized carbons (Fsp3) is 0.263. The van der Waals surface area contributed by atoms with Crippen molar-refractivity contribution in [2.45, 2.75) is 0 Å². The molecule has 0 N–H and O–H groups in total. The summed E-state index contributed by atoms with van der Waals surface area (Å²) < 4.78 is 5.85. The molecule has 8 heteroatoms. The van der Waals surface area contributed by atoms with Gasteiger partial charge in [0.05, 0.1) is 15.0 Å². The Balaban J connectivity index is 1.49. The van der Waals surface area contributed by atoms with Crippen LogP contribution in [0.4, 0.5) is 0 Å². The van der Waals surface area contributed by atoms with Gasteiger partial charge in [-0.15, -0.1) is 0 Å². The number of halogens is 2. The van der Waals surface area contributed by atoms with Gasteiger partial charge in [-0.1, -0.05) is 23.2 Å². The van der Waals surface area contributed by atoms with Crippen LogP contribution in [-0.2, 0) is 4.79 Å². The summed E-state index contributed by atoms with van der Waals surface area (Å²) in [5, 5.41) is 1.74. The van der Waals surface area contributed by atoms with Crippen LogP contribution in [0.25, 0.3) is 17.4 Å². The molecule has 4 rings (SSSR count). The van der Waals surface area contributed by atoms with Gasteiger partial charge in [0.2, 0.25) is 0 Å². The summed E-state index contributed by atoms with van der Waals surface area (Å²) >= 11 is 13.4. The molecule has 0 radical (unpaired) electrons. The Morgan fingerprint density at radius 2 is 1.89 bits per heavy atom. The minimum atomic E-state index is -0.221. The second-order valence-corrected chi connectivity index (χ2v) is 8.25. The number of carbonyl (C=O) groups excluding carboxylic acids is 1. The van der Waals surface area contributed by atoms with Crippen LogP contribution >= 0.6 is 35.0 Å². The Labute approximate surface area is 171 Å². The predicted molar refractivity (Wildman–Crippen MR) is 111 cm³/mol. The summed E-state index contributed by atoms with van der Waals surface area (Å²) in [6.45, 7) is 3.70. The smallest absolute Gasteiger partial charge is 0.286 e. The van der Waals surface area contributed by atoms with Gasteiger partial charge in [-0.3, -0.25) is 4.79 Å². The first-order valence-electron chi connectivity index (χ1n) is 8.51. The van der Waals surface area contributed by atoms with E-state index in [0.29, 0.717) is 26.5 Å². The first kappa shape index (κ1) is 18.6. The zero-order valence-electron chi connectivity index (χ0n) is 14.6. The number of carbonyl (C=O) groups is 1. The highest BCUT2D eigenvalue weighted by molar-refractivity contribution is 8.18. The molecule has 0 atom stereocenters. The van der Waals surface area contributed by atoms with Gasteiger partial charge < -0.3 is 14.2 Å². The standard InChI is InChI=1S/C19H17Cl2N3O2S/c1-23-6-8-24(9-7-23)19-22-18(25)17(27-19)11-13-3-5-16(26-13)12-2-4-14(20)15(21)10-12/h2-5,10-11H,6-9H2,1H3/b17-11+. The van der Waals surface area contributed by atoms with Gasteiger partial charge in [0.25, 0.3) is 5.91 Å². The van der Waals surface area contributed by atoms with E-state index in [-0.39, 0.29) is 5.91 Å². The van der Waals surface area contributed by atoms with Crippen molar-refractivity contribution in [3.05, 3.63) is 51.0 Å². The van der Waals surface area contributed by atoms with Crippen LogP contribution in [0.1, 0.15) is 5.76 Å². The number of rotatable bonds is 2. The third-order valence-corrected chi connectivity index (χ3v) is 6.27. The number of amides is 1. The van der Waals surface area contributed by atoms with E-state index in [1.807, 2.05) is 18.2 Å². The van der Waals surface area contributed by atoms with Crippen LogP contribution in [-0.4, -0.2) is 54.1 Å². The first-order chi connectivity index (χ1) is 13.0. The number of likely N-dealkylation sites (N-methyl/N-ethyl adjacent to an activating group) is 1. The van der Waals surface area contributed by atoms with Crippen LogP contribution in [0, 0.1) is 0 Å². The van der Waals surface area contributed by atoms with E-state index in [0.717, 1.165) is 36.9 Å². The molecule has 2 aromatic rings. The molecule has 1 amide bonds. The Morgan fingerprint density at radius 1 is 1.11 bits per heavy atom. The average Bonchev–Trinajstić information content (AvgIpc) is 3.26. The molecule has 0 spiro atoms. The molecule has 2 aliphatic heterocycles. The fourth-order valence-corrected chi connectivity index (χ4v) is 4.14. The lowest BCUT2D eigenvalue weighted by atomic mass is 10.2. The van der Waals surface area contributed by atoms with Crippen LogP contribution in [0.3, 0.4) is 0 Å². The lowest BCUT2D eigenvalue weighted by Gasteiger charge is -2.32.